The van der Waals surface area contributed by atoms with Crippen LogP contribution < -0.4 is 5.73 Å². The Morgan fingerprint density at radius 2 is 2.27 bits per heavy atom. The summed E-state index contributed by atoms with van der Waals surface area (Å²) in [5.74, 6) is 0. The van der Waals surface area contributed by atoms with Crippen molar-refractivity contribution in [3.63, 3.8) is 0 Å². The van der Waals surface area contributed by atoms with E-state index >= 15 is 0 Å². The van der Waals surface area contributed by atoms with Crippen LogP contribution in [0.4, 0.5) is 0 Å². The van der Waals surface area contributed by atoms with Crippen LogP contribution in [0.5, 0.6) is 0 Å². The summed E-state index contributed by atoms with van der Waals surface area (Å²) in [5, 5.41) is 0. The summed E-state index contributed by atoms with van der Waals surface area (Å²) in [6.07, 6.45) is 9.24. The molecule has 0 saturated heterocycles. The molecule has 0 bridgehead atoms. The largest absolute Gasteiger partial charge is 0.323 e. The van der Waals surface area contributed by atoms with E-state index in [2.05, 4.69) is 12.6 Å². The summed E-state index contributed by atoms with van der Waals surface area (Å²) in [7, 11) is 0. The topological polar surface area (TPSA) is 26.0 Å². The molecule has 1 aliphatic rings. The fourth-order valence-corrected chi connectivity index (χ4v) is 3.43. The van der Waals surface area contributed by atoms with Crippen LogP contribution in [0.15, 0.2) is 18.7 Å². The first-order valence-corrected chi connectivity index (χ1v) is 6.61. The molecule has 0 saturated carbocycles. The van der Waals surface area contributed by atoms with Gasteiger partial charge in [-0.3, -0.25) is 0 Å². The van der Waals surface area contributed by atoms with Crippen molar-refractivity contribution >= 4 is 11.3 Å². The number of fused-ring (bicyclic) bond motifs is 1. The number of hydrogen-bond donors (Lipinski definition) is 1. The van der Waals surface area contributed by atoms with Gasteiger partial charge in [0.1, 0.15) is 0 Å². The molecule has 1 aliphatic carbocycles. The molecule has 0 aliphatic heterocycles. The van der Waals surface area contributed by atoms with E-state index in [0.717, 1.165) is 12.8 Å². The molecule has 82 valence electrons. The van der Waals surface area contributed by atoms with E-state index in [9.17, 15) is 0 Å². The third-order valence-electron chi connectivity index (χ3n) is 3.06. The van der Waals surface area contributed by atoms with Crippen molar-refractivity contribution in [3.05, 3.63) is 34.0 Å². The van der Waals surface area contributed by atoms with Crippen molar-refractivity contribution in [2.45, 2.75) is 44.6 Å². The molecule has 0 aromatic carbocycles. The zero-order chi connectivity index (χ0) is 10.7. The second-order valence-electron chi connectivity index (χ2n) is 4.28. The van der Waals surface area contributed by atoms with Crippen molar-refractivity contribution in [2.75, 3.05) is 0 Å². The summed E-state index contributed by atoms with van der Waals surface area (Å²) in [6, 6.07) is 2.56. The molecule has 1 unspecified atom stereocenters. The highest BCUT2D eigenvalue weighted by molar-refractivity contribution is 7.12. The minimum absolute atomic E-state index is 0.221. The molecule has 2 N–H and O–H groups in total. The zero-order valence-corrected chi connectivity index (χ0v) is 9.98. The first-order chi connectivity index (χ1) is 7.31. The van der Waals surface area contributed by atoms with E-state index in [1.807, 2.05) is 17.4 Å². The molecular formula is C13H19NS. The van der Waals surface area contributed by atoms with E-state index in [1.165, 1.54) is 30.6 Å². The maximum atomic E-state index is 6.16. The van der Waals surface area contributed by atoms with Crippen molar-refractivity contribution < 1.29 is 0 Å². The Labute approximate surface area is 96.0 Å². The Hall–Kier alpha value is -0.600. The van der Waals surface area contributed by atoms with Gasteiger partial charge in [0.2, 0.25) is 0 Å². The Morgan fingerprint density at radius 1 is 1.47 bits per heavy atom. The molecule has 0 fully saturated rings. The Kier molecular flexibility index (Phi) is 3.60. The lowest BCUT2D eigenvalue weighted by Gasteiger charge is -2.08. The predicted octanol–water partition coefficient (Wildman–Crippen LogP) is 3.59. The van der Waals surface area contributed by atoms with Crippen LogP contribution in [0.3, 0.4) is 0 Å². The fraction of sp³-hybridized carbons (Fsp3) is 0.538. The van der Waals surface area contributed by atoms with Gasteiger partial charge in [-0.25, -0.2) is 0 Å². The number of nitrogens with two attached hydrogens (primary N) is 1. The van der Waals surface area contributed by atoms with Crippen LogP contribution in [0.1, 0.15) is 47.0 Å². The number of hydrogen-bond acceptors (Lipinski definition) is 2. The van der Waals surface area contributed by atoms with E-state index in [1.54, 1.807) is 10.4 Å². The van der Waals surface area contributed by atoms with Gasteiger partial charge in [0, 0.05) is 15.8 Å². The number of aryl methyl sites for hydroxylation is 2. The normalized spacial score (nSPS) is 17.1. The summed E-state index contributed by atoms with van der Waals surface area (Å²) in [6.45, 7) is 3.74. The van der Waals surface area contributed by atoms with Crippen LogP contribution in [-0.4, -0.2) is 0 Å². The first kappa shape index (κ1) is 10.9. The summed E-state index contributed by atoms with van der Waals surface area (Å²) in [5.41, 5.74) is 7.72. The minimum atomic E-state index is 0.221. The predicted molar refractivity (Wildman–Crippen MR) is 67.3 cm³/mol. The Bertz CT molecular complexity index is 317. The van der Waals surface area contributed by atoms with Gasteiger partial charge in [-0.15, -0.1) is 17.9 Å². The molecule has 2 heteroatoms. The van der Waals surface area contributed by atoms with Crippen LogP contribution in [0.2, 0.25) is 0 Å². The van der Waals surface area contributed by atoms with Crippen LogP contribution in [0, 0.1) is 0 Å². The third kappa shape index (κ3) is 2.50. The van der Waals surface area contributed by atoms with Crippen molar-refractivity contribution in [1.82, 2.24) is 0 Å². The first-order valence-electron chi connectivity index (χ1n) is 5.79. The zero-order valence-electron chi connectivity index (χ0n) is 9.17. The lowest BCUT2D eigenvalue weighted by atomic mass is 9.98. The summed E-state index contributed by atoms with van der Waals surface area (Å²) >= 11 is 1.93. The van der Waals surface area contributed by atoms with Crippen molar-refractivity contribution in [3.8, 4) is 0 Å². The highest BCUT2D eigenvalue weighted by atomic mass is 32.1. The minimum Gasteiger partial charge on any atom is -0.323 e. The smallest absolute Gasteiger partial charge is 0.0392 e. The van der Waals surface area contributed by atoms with Gasteiger partial charge < -0.3 is 5.73 Å². The van der Waals surface area contributed by atoms with Crippen LogP contribution >= 0.6 is 11.3 Å². The molecule has 15 heavy (non-hydrogen) atoms. The SMILES string of the molecule is C=CCCC(N)c1cc2c(s1)CCCC2. The molecule has 1 nitrogen and oxygen atoms in total. The monoisotopic (exact) mass is 221 g/mol. The standard InChI is InChI=1S/C13H19NS/c1-2-3-7-11(14)13-9-10-6-4-5-8-12(10)15-13/h2,9,11H,1,3-8,14H2. The lowest BCUT2D eigenvalue weighted by molar-refractivity contribution is 0.670. The fourth-order valence-electron chi connectivity index (χ4n) is 2.14. The van der Waals surface area contributed by atoms with Crippen molar-refractivity contribution in [2.24, 2.45) is 5.73 Å². The van der Waals surface area contributed by atoms with Crippen LogP contribution in [-0.2, 0) is 12.8 Å². The second-order valence-corrected chi connectivity index (χ2v) is 5.45. The van der Waals surface area contributed by atoms with Gasteiger partial charge in [0.15, 0.2) is 0 Å². The average Bonchev–Trinajstić information content (AvgIpc) is 2.69. The van der Waals surface area contributed by atoms with E-state index in [4.69, 9.17) is 5.73 Å². The maximum absolute atomic E-state index is 6.16. The maximum Gasteiger partial charge on any atom is 0.0392 e. The molecule has 0 radical (unpaired) electrons. The van der Waals surface area contributed by atoms with E-state index in [-0.39, 0.29) is 6.04 Å². The van der Waals surface area contributed by atoms with E-state index < -0.39 is 0 Å². The Balaban J connectivity index is 2.08. The van der Waals surface area contributed by atoms with Gasteiger partial charge >= 0.3 is 0 Å². The number of rotatable bonds is 4. The highest BCUT2D eigenvalue weighted by Gasteiger charge is 2.16. The van der Waals surface area contributed by atoms with Crippen molar-refractivity contribution in [1.29, 1.82) is 0 Å². The highest BCUT2D eigenvalue weighted by Crippen LogP contribution is 2.33. The summed E-state index contributed by atoms with van der Waals surface area (Å²) in [4.78, 5) is 2.97. The summed E-state index contributed by atoms with van der Waals surface area (Å²) < 4.78 is 0. The number of allylic oxidation sites excluding steroid dienone is 1. The van der Waals surface area contributed by atoms with Gasteiger partial charge in [-0.1, -0.05) is 6.08 Å². The Morgan fingerprint density at radius 3 is 3.00 bits per heavy atom. The molecule has 1 atom stereocenters. The van der Waals surface area contributed by atoms with Crippen LogP contribution in [0.25, 0.3) is 0 Å². The molecule has 1 heterocycles. The van der Waals surface area contributed by atoms with Gasteiger partial charge in [-0.2, -0.15) is 0 Å². The second kappa shape index (κ2) is 4.95. The molecule has 2 rings (SSSR count). The van der Waals surface area contributed by atoms with Gasteiger partial charge in [0.05, 0.1) is 0 Å². The van der Waals surface area contributed by atoms with E-state index in [0.29, 0.717) is 0 Å². The quantitative estimate of drug-likeness (QED) is 0.772. The molecule has 1 aromatic rings. The molecule has 1 aromatic heterocycles. The molecular weight excluding hydrogens is 202 g/mol. The lowest BCUT2D eigenvalue weighted by Crippen LogP contribution is -2.07. The van der Waals surface area contributed by atoms with Gasteiger partial charge in [0.25, 0.3) is 0 Å². The molecule has 0 amide bonds. The number of thiophene rings is 1. The average molecular weight is 221 g/mol. The molecule has 0 spiro atoms. The van der Waals surface area contributed by atoms with Gasteiger partial charge in [-0.05, 0) is 50.2 Å². The third-order valence-corrected chi connectivity index (χ3v) is 4.43.